The summed E-state index contributed by atoms with van der Waals surface area (Å²) in [6.07, 6.45) is -3.63. The van der Waals surface area contributed by atoms with Gasteiger partial charge in [0, 0.05) is 19.5 Å². The number of likely N-dealkylation sites (tertiary alicyclic amines) is 1. The molecule has 0 radical (unpaired) electrons. The van der Waals surface area contributed by atoms with E-state index in [1.165, 1.54) is 30.9 Å². The minimum absolute atomic E-state index is 0.0273. The first-order valence-electron chi connectivity index (χ1n) is 11.3. The van der Waals surface area contributed by atoms with Gasteiger partial charge in [0.1, 0.15) is 5.69 Å². The fourth-order valence-corrected chi connectivity index (χ4v) is 5.06. The van der Waals surface area contributed by atoms with Gasteiger partial charge < -0.3 is 10.0 Å². The molecule has 1 aromatic carbocycles. The molecule has 1 aliphatic heterocycles. The fourth-order valence-electron chi connectivity index (χ4n) is 4.43. The largest absolute Gasteiger partial charge is 0.481 e. The molecule has 0 bridgehead atoms. The zero-order valence-electron chi connectivity index (χ0n) is 19.7. The lowest BCUT2D eigenvalue weighted by atomic mass is 9.93. The predicted octanol–water partition coefficient (Wildman–Crippen LogP) is 5.23. The van der Waals surface area contributed by atoms with Crippen molar-refractivity contribution in [1.82, 2.24) is 19.5 Å². The van der Waals surface area contributed by atoms with E-state index in [1.54, 1.807) is 0 Å². The standard InChI is InChI=1S/C24H21Cl2F3N4O4/c1-11-9-16(24(27,28)29)31-33-12(2)20(30-22(11)33)21(36)18-15(25)4-3-14(19(18)26)23(37)32-7-5-13(6-8-32)10-17(34)35/h3-4,9,13H,5-8,10H2,1-2H3,(H,34,35). The first kappa shape index (κ1) is 26.9. The Kier molecular flexibility index (Phi) is 7.22. The van der Waals surface area contributed by atoms with Crippen molar-refractivity contribution in [3.63, 3.8) is 0 Å². The molecule has 1 aliphatic rings. The Hall–Kier alpha value is -3.18. The maximum absolute atomic E-state index is 13.5. The van der Waals surface area contributed by atoms with Gasteiger partial charge in [0.25, 0.3) is 5.91 Å². The molecule has 37 heavy (non-hydrogen) atoms. The van der Waals surface area contributed by atoms with Crippen molar-refractivity contribution >= 4 is 46.5 Å². The summed E-state index contributed by atoms with van der Waals surface area (Å²) in [6.45, 7) is 3.48. The first-order chi connectivity index (χ1) is 17.3. The lowest BCUT2D eigenvalue weighted by Gasteiger charge is -2.31. The van der Waals surface area contributed by atoms with Crippen LogP contribution in [-0.2, 0) is 11.0 Å². The van der Waals surface area contributed by atoms with E-state index in [0.29, 0.717) is 25.9 Å². The summed E-state index contributed by atoms with van der Waals surface area (Å²) < 4.78 is 40.7. The quantitative estimate of drug-likeness (QED) is 0.431. The van der Waals surface area contributed by atoms with E-state index in [4.69, 9.17) is 28.3 Å². The van der Waals surface area contributed by atoms with Crippen molar-refractivity contribution in [3.05, 3.63) is 62.0 Å². The number of benzene rings is 1. The van der Waals surface area contributed by atoms with Crippen molar-refractivity contribution < 1.29 is 32.7 Å². The van der Waals surface area contributed by atoms with E-state index in [2.05, 4.69) is 10.1 Å². The van der Waals surface area contributed by atoms with Crippen LogP contribution in [0.3, 0.4) is 0 Å². The molecule has 1 fully saturated rings. The number of carboxylic acids is 1. The number of hydrogen-bond acceptors (Lipinski definition) is 5. The average Bonchev–Trinajstić information content (AvgIpc) is 3.15. The Labute approximate surface area is 219 Å². The Balaban J connectivity index is 1.68. The van der Waals surface area contributed by atoms with E-state index in [-0.39, 0.29) is 56.1 Å². The molecule has 196 valence electrons. The van der Waals surface area contributed by atoms with Gasteiger partial charge in [-0.05, 0) is 56.4 Å². The van der Waals surface area contributed by atoms with Gasteiger partial charge in [0.05, 0.1) is 26.9 Å². The summed E-state index contributed by atoms with van der Waals surface area (Å²) in [7, 11) is 0. The third kappa shape index (κ3) is 5.15. The molecule has 4 rings (SSSR count). The second-order valence-corrected chi connectivity index (χ2v) is 9.72. The number of carbonyl (C=O) groups excluding carboxylic acids is 2. The minimum Gasteiger partial charge on any atom is -0.481 e. The molecular weight excluding hydrogens is 536 g/mol. The molecule has 1 saturated heterocycles. The van der Waals surface area contributed by atoms with Crippen molar-refractivity contribution in [2.45, 2.75) is 39.3 Å². The molecule has 0 aliphatic carbocycles. The summed E-state index contributed by atoms with van der Waals surface area (Å²) in [4.78, 5) is 43.4. The summed E-state index contributed by atoms with van der Waals surface area (Å²) in [5.41, 5.74) is -1.21. The number of nitrogens with zero attached hydrogens (tertiary/aromatic N) is 4. The number of aliphatic carboxylic acids is 1. The monoisotopic (exact) mass is 556 g/mol. The minimum atomic E-state index is -4.69. The van der Waals surface area contributed by atoms with Crippen LogP contribution in [0.5, 0.6) is 0 Å². The molecule has 0 saturated carbocycles. The van der Waals surface area contributed by atoms with Gasteiger partial charge in [-0.15, -0.1) is 0 Å². The molecule has 1 amide bonds. The SMILES string of the molecule is Cc1cc(C(F)(F)F)nn2c(C)c(C(=O)c3c(Cl)ccc(C(=O)N4CCC(CC(=O)O)CC4)c3Cl)nc12. The second-order valence-electron chi connectivity index (χ2n) is 8.94. The average molecular weight is 557 g/mol. The highest BCUT2D eigenvalue weighted by atomic mass is 35.5. The maximum atomic E-state index is 13.5. The Morgan fingerprint density at radius 3 is 2.38 bits per heavy atom. The molecule has 1 N–H and O–H groups in total. The third-order valence-electron chi connectivity index (χ3n) is 6.41. The van der Waals surface area contributed by atoms with E-state index in [9.17, 15) is 27.6 Å². The van der Waals surface area contributed by atoms with Crippen LogP contribution >= 0.6 is 23.2 Å². The van der Waals surface area contributed by atoms with Gasteiger partial charge in [-0.25, -0.2) is 9.50 Å². The number of aromatic nitrogens is 3. The van der Waals surface area contributed by atoms with Gasteiger partial charge >= 0.3 is 12.1 Å². The smallest absolute Gasteiger partial charge is 0.435 e. The third-order valence-corrected chi connectivity index (χ3v) is 7.12. The number of ketones is 1. The van der Waals surface area contributed by atoms with Gasteiger partial charge in [-0.1, -0.05) is 23.2 Å². The molecule has 13 heteroatoms. The fraction of sp³-hybridized carbons (Fsp3) is 0.375. The van der Waals surface area contributed by atoms with Crippen LogP contribution in [0.1, 0.15) is 62.6 Å². The molecule has 3 aromatic rings. The van der Waals surface area contributed by atoms with E-state index in [1.807, 2.05) is 0 Å². The van der Waals surface area contributed by atoms with E-state index in [0.717, 1.165) is 10.6 Å². The summed E-state index contributed by atoms with van der Waals surface area (Å²) >= 11 is 12.8. The van der Waals surface area contributed by atoms with Crippen molar-refractivity contribution in [2.75, 3.05) is 13.1 Å². The number of rotatable bonds is 5. The van der Waals surface area contributed by atoms with Crippen LogP contribution in [0.15, 0.2) is 18.2 Å². The van der Waals surface area contributed by atoms with E-state index >= 15 is 0 Å². The summed E-state index contributed by atoms with van der Waals surface area (Å²) in [6, 6.07) is 3.58. The number of aryl methyl sites for hydroxylation is 2. The van der Waals surface area contributed by atoms with Gasteiger partial charge in [-0.3, -0.25) is 14.4 Å². The molecule has 8 nitrogen and oxygen atoms in total. The Morgan fingerprint density at radius 2 is 1.78 bits per heavy atom. The number of imidazole rings is 1. The molecular formula is C24H21Cl2F3N4O4. The van der Waals surface area contributed by atoms with Crippen LogP contribution in [0.25, 0.3) is 5.65 Å². The van der Waals surface area contributed by atoms with Crippen LogP contribution in [0.2, 0.25) is 10.0 Å². The molecule has 3 heterocycles. The molecule has 2 aromatic heterocycles. The van der Waals surface area contributed by atoms with Crippen molar-refractivity contribution in [1.29, 1.82) is 0 Å². The zero-order chi connectivity index (χ0) is 27.2. The van der Waals surface area contributed by atoms with Crippen LogP contribution < -0.4 is 0 Å². The normalized spacial score (nSPS) is 14.8. The number of carbonyl (C=O) groups is 3. The lowest BCUT2D eigenvalue weighted by molar-refractivity contribution is -0.142. The number of piperidine rings is 1. The number of hydrogen-bond donors (Lipinski definition) is 1. The topological polar surface area (TPSA) is 105 Å². The molecule has 0 unspecified atom stereocenters. The maximum Gasteiger partial charge on any atom is 0.435 e. The predicted molar refractivity (Wildman–Crippen MR) is 128 cm³/mol. The van der Waals surface area contributed by atoms with Crippen LogP contribution in [0, 0.1) is 19.8 Å². The van der Waals surface area contributed by atoms with Crippen LogP contribution in [0.4, 0.5) is 13.2 Å². The highest BCUT2D eigenvalue weighted by Crippen LogP contribution is 2.34. The van der Waals surface area contributed by atoms with Gasteiger partial charge in [-0.2, -0.15) is 18.3 Å². The number of amides is 1. The summed E-state index contributed by atoms with van der Waals surface area (Å²) in [5, 5.41) is 12.3. The van der Waals surface area contributed by atoms with E-state index < -0.39 is 29.5 Å². The van der Waals surface area contributed by atoms with Crippen LogP contribution in [-0.4, -0.2) is 55.4 Å². The zero-order valence-corrected chi connectivity index (χ0v) is 21.2. The first-order valence-corrected chi connectivity index (χ1v) is 12.0. The lowest BCUT2D eigenvalue weighted by Crippen LogP contribution is -2.39. The van der Waals surface area contributed by atoms with Crippen molar-refractivity contribution in [3.8, 4) is 0 Å². The number of fused-ring (bicyclic) bond motifs is 1. The van der Waals surface area contributed by atoms with Gasteiger partial charge in [0.2, 0.25) is 5.78 Å². The summed E-state index contributed by atoms with van der Waals surface area (Å²) in [5.74, 6) is -2.13. The highest BCUT2D eigenvalue weighted by molar-refractivity contribution is 6.42. The van der Waals surface area contributed by atoms with Gasteiger partial charge in [0.15, 0.2) is 11.3 Å². The Bertz CT molecular complexity index is 1430. The second kappa shape index (κ2) is 9.94. The van der Waals surface area contributed by atoms with Crippen molar-refractivity contribution in [2.24, 2.45) is 5.92 Å². The Morgan fingerprint density at radius 1 is 1.14 bits per heavy atom. The number of alkyl halides is 3. The number of carboxylic acid groups (broad SMARTS) is 1. The molecule has 0 atom stereocenters. The highest BCUT2D eigenvalue weighted by Gasteiger charge is 2.35. The molecule has 0 spiro atoms. The number of halogens is 5.